The van der Waals surface area contributed by atoms with Crippen molar-refractivity contribution >= 4 is 0 Å². The topological polar surface area (TPSA) is 35.2 Å². The number of hydrogen-bond acceptors (Lipinski definition) is 2. The Hall–Kier alpha value is -0.0800. The number of ether oxygens (including phenoxy) is 1. The molecule has 2 atom stereocenters. The molecule has 0 aromatic heterocycles. The maximum Gasteiger partial charge on any atom is 0.0497 e. The van der Waals surface area contributed by atoms with Crippen LogP contribution < -0.4 is 5.73 Å². The van der Waals surface area contributed by atoms with E-state index in [-0.39, 0.29) is 0 Å². The zero-order valence-corrected chi connectivity index (χ0v) is 9.08. The molecular formula is C12H23NO. The van der Waals surface area contributed by atoms with Gasteiger partial charge in [0.2, 0.25) is 0 Å². The first-order chi connectivity index (χ1) is 6.90. The third-order valence-electron chi connectivity index (χ3n) is 3.82. The van der Waals surface area contributed by atoms with E-state index in [0.717, 1.165) is 37.5 Å². The molecule has 0 radical (unpaired) electrons. The van der Waals surface area contributed by atoms with Crippen molar-refractivity contribution in [2.24, 2.45) is 23.5 Å². The highest BCUT2D eigenvalue weighted by Gasteiger charge is 2.26. The first kappa shape index (κ1) is 10.4. The molecule has 82 valence electrons. The van der Waals surface area contributed by atoms with Crippen LogP contribution >= 0.6 is 0 Å². The highest BCUT2D eigenvalue weighted by Crippen LogP contribution is 2.33. The highest BCUT2D eigenvalue weighted by molar-refractivity contribution is 4.78. The van der Waals surface area contributed by atoms with Crippen molar-refractivity contribution < 1.29 is 4.74 Å². The lowest BCUT2D eigenvalue weighted by molar-refractivity contribution is 0.0828. The molecule has 0 heterocycles. The summed E-state index contributed by atoms with van der Waals surface area (Å²) in [6, 6.07) is 0. The normalized spacial score (nSPS) is 32.4. The van der Waals surface area contributed by atoms with Crippen LogP contribution in [-0.4, -0.2) is 19.8 Å². The fourth-order valence-corrected chi connectivity index (χ4v) is 2.53. The summed E-state index contributed by atoms with van der Waals surface area (Å²) in [4.78, 5) is 0. The average molecular weight is 197 g/mol. The second-order valence-corrected chi connectivity index (χ2v) is 4.99. The summed E-state index contributed by atoms with van der Waals surface area (Å²) in [7, 11) is 0. The van der Waals surface area contributed by atoms with Gasteiger partial charge in [-0.15, -0.1) is 0 Å². The molecule has 2 N–H and O–H groups in total. The standard InChI is InChI=1S/C12H23NO/c13-8-11-2-1-3-12(11)9-14-7-6-10-4-5-10/h10-12H,1-9,13H2. The molecule has 0 saturated heterocycles. The Morgan fingerprint density at radius 1 is 1.07 bits per heavy atom. The largest absolute Gasteiger partial charge is 0.381 e. The predicted octanol–water partition coefficient (Wildman–Crippen LogP) is 2.18. The molecule has 0 amide bonds. The van der Waals surface area contributed by atoms with Gasteiger partial charge in [0.1, 0.15) is 0 Å². The summed E-state index contributed by atoms with van der Waals surface area (Å²) < 4.78 is 5.74. The molecule has 0 aliphatic heterocycles. The monoisotopic (exact) mass is 197 g/mol. The van der Waals surface area contributed by atoms with Crippen LogP contribution in [0.25, 0.3) is 0 Å². The van der Waals surface area contributed by atoms with Crippen LogP contribution in [0.3, 0.4) is 0 Å². The van der Waals surface area contributed by atoms with Gasteiger partial charge in [0.15, 0.2) is 0 Å². The van der Waals surface area contributed by atoms with Gasteiger partial charge in [-0.2, -0.15) is 0 Å². The van der Waals surface area contributed by atoms with Crippen molar-refractivity contribution in [1.29, 1.82) is 0 Å². The van der Waals surface area contributed by atoms with Crippen LogP contribution in [0, 0.1) is 17.8 Å². The van der Waals surface area contributed by atoms with Crippen LogP contribution in [0.2, 0.25) is 0 Å². The van der Waals surface area contributed by atoms with Crippen LogP contribution in [0.1, 0.15) is 38.5 Å². The van der Waals surface area contributed by atoms with E-state index in [4.69, 9.17) is 10.5 Å². The van der Waals surface area contributed by atoms with Crippen molar-refractivity contribution in [3.8, 4) is 0 Å². The van der Waals surface area contributed by atoms with Crippen molar-refractivity contribution in [3.05, 3.63) is 0 Å². The smallest absolute Gasteiger partial charge is 0.0497 e. The summed E-state index contributed by atoms with van der Waals surface area (Å²) in [5.74, 6) is 2.51. The van der Waals surface area contributed by atoms with Gasteiger partial charge >= 0.3 is 0 Å². The molecule has 2 fully saturated rings. The summed E-state index contributed by atoms with van der Waals surface area (Å²) in [5, 5.41) is 0. The van der Waals surface area contributed by atoms with E-state index in [1.807, 2.05) is 0 Å². The lowest BCUT2D eigenvalue weighted by Crippen LogP contribution is -2.22. The zero-order valence-electron chi connectivity index (χ0n) is 9.08. The van der Waals surface area contributed by atoms with E-state index in [0.29, 0.717) is 0 Å². The number of hydrogen-bond donors (Lipinski definition) is 1. The van der Waals surface area contributed by atoms with Crippen LogP contribution in [-0.2, 0) is 4.74 Å². The summed E-state index contributed by atoms with van der Waals surface area (Å²) >= 11 is 0. The maximum atomic E-state index is 5.74. The second-order valence-electron chi connectivity index (χ2n) is 4.99. The maximum absolute atomic E-state index is 5.74. The molecule has 2 heteroatoms. The van der Waals surface area contributed by atoms with Gasteiger partial charge in [0.25, 0.3) is 0 Å². The Balaban J connectivity index is 1.54. The molecule has 14 heavy (non-hydrogen) atoms. The van der Waals surface area contributed by atoms with Gasteiger partial charge in [-0.05, 0) is 43.6 Å². The van der Waals surface area contributed by atoms with Crippen LogP contribution in [0.5, 0.6) is 0 Å². The van der Waals surface area contributed by atoms with Crippen molar-refractivity contribution in [3.63, 3.8) is 0 Å². The van der Waals surface area contributed by atoms with Gasteiger partial charge in [-0.25, -0.2) is 0 Å². The van der Waals surface area contributed by atoms with E-state index in [9.17, 15) is 0 Å². The Labute approximate surface area is 87.2 Å². The SMILES string of the molecule is NCC1CCCC1COCCC1CC1. The van der Waals surface area contributed by atoms with Gasteiger partial charge in [0, 0.05) is 13.2 Å². The fraction of sp³-hybridized carbons (Fsp3) is 1.00. The van der Waals surface area contributed by atoms with Crippen molar-refractivity contribution in [1.82, 2.24) is 0 Å². The Morgan fingerprint density at radius 2 is 1.86 bits per heavy atom. The minimum absolute atomic E-state index is 0.746. The van der Waals surface area contributed by atoms with Gasteiger partial charge in [-0.3, -0.25) is 0 Å². The second kappa shape index (κ2) is 5.13. The lowest BCUT2D eigenvalue weighted by atomic mass is 9.97. The third kappa shape index (κ3) is 2.96. The molecule has 0 aromatic carbocycles. The number of nitrogens with two attached hydrogens (primary N) is 1. The van der Waals surface area contributed by atoms with Gasteiger partial charge < -0.3 is 10.5 Å². The average Bonchev–Trinajstić information content (AvgIpc) is 2.91. The van der Waals surface area contributed by atoms with Gasteiger partial charge in [-0.1, -0.05) is 19.3 Å². The molecule has 2 unspecified atom stereocenters. The first-order valence-electron chi connectivity index (χ1n) is 6.18. The Bertz CT molecular complexity index is 168. The van der Waals surface area contributed by atoms with Gasteiger partial charge in [0.05, 0.1) is 0 Å². The molecular weight excluding hydrogens is 174 g/mol. The lowest BCUT2D eigenvalue weighted by Gasteiger charge is -2.17. The summed E-state index contributed by atoms with van der Waals surface area (Å²) in [6.07, 6.45) is 8.20. The third-order valence-corrected chi connectivity index (χ3v) is 3.82. The van der Waals surface area contributed by atoms with Crippen LogP contribution in [0.15, 0.2) is 0 Å². The molecule has 2 rings (SSSR count). The molecule has 0 aromatic rings. The zero-order chi connectivity index (χ0) is 9.80. The predicted molar refractivity (Wildman–Crippen MR) is 58.0 cm³/mol. The minimum atomic E-state index is 0.746. The van der Waals surface area contributed by atoms with E-state index in [1.165, 1.54) is 38.5 Å². The Kier molecular flexibility index (Phi) is 3.82. The summed E-state index contributed by atoms with van der Waals surface area (Å²) in [6.45, 7) is 2.81. The molecule has 2 nitrogen and oxygen atoms in total. The fourth-order valence-electron chi connectivity index (χ4n) is 2.53. The van der Waals surface area contributed by atoms with E-state index in [1.54, 1.807) is 0 Å². The Morgan fingerprint density at radius 3 is 2.57 bits per heavy atom. The quantitative estimate of drug-likeness (QED) is 0.662. The highest BCUT2D eigenvalue weighted by atomic mass is 16.5. The molecule has 2 saturated carbocycles. The molecule has 0 spiro atoms. The van der Waals surface area contributed by atoms with E-state index < -0.39 is 0 Å². The molecule has 2 aliphatic carbocycles. The number of rotatable bonds is 6. The van der Waals surface area contributed by atoms with E-state index >= 15 is 0 Å². The van der Waals surface area contributed by atoms with Crippen molar-refractivity contribution in [2.45, 2.75) is 38.5 Å². The van der Waals surface area contributed by atoms with E-state index in [2.05, 4.69) is 0 Å². The summed E-state index contributed by atoms with van der Waals surface area (Å²) in [5.41, 5.74) is 5.73. The molecule has 2 aliphatic rings. The first-order valence-corrected chi connectivity index (χ1v) is 6.18. The minimum Gasteiger partial charge on any atom is -0.381 e. The van der Waals surface area contributed by atoms with Crippen molar-refractivity contribution in [2.75, 3.05) is 19.8 Å². The molecule has 0 bridgehead atoms. The van der Waals surface area contributed by atoms with Crippen LogP contribution in [0.4, 0.5) is 0 Å².